The monoisotopic (exact) mass is 261 g/mol. The molecule has 0 radical (unpaired) electrons. The van der Waals surface area contributed by atoms with E-state index in [1.54, 1.807) is 0 Å². The van der Waals surface area contributed by atoms with Gasteiger partial charge in [-0.3, -0.25) is 0 Å². The largest absolute Gasteiger partial charge is 0.367 e. The molecule has 2 aromatic heterocycles. The van der Waals surface area contributed by atoms with Crippen LogP contribution in [0.15, 0.2) is 10.9 Å². The van der Waals surface area contributed by atoms with Gasteiger partial charge in [-0.15, -0.1) is 0 Å². The summed E-state index contributed by atoms with van der Waals surface area (Å²) in [5.41, 5.74) is 0.769. The van der Waals surface area contributed by atoms with E-state index in [0.717, 1.165) is 18.7 Å². The highest BCUT2D eigenvalue weighted by molar-refractivity contribution is 5.50. The van der Waals surface area contributed by atoms with E-state index >= 15 is 0 Å². The van der Waals surface area contributed by atoms with Crippen molar-refractivity contribution >= 4 is 11.5 Å². The number of rotatable bonds is 2. The summed E-state index contributed by atoms with van der Waals surface area (Å²) in [6.45, 7) is 6.40. The number of nitrogens with zero attached hydrogens (tertiary/aromatic N) is 3. The summed E-state index contributed by atoms with van der Waals surface area (Å²) in [5.74, 6) is 1.45. The lowest BCUT2D eigenvalue weighted by Gasteiger charge is -2.18. The minimum absolute atomic E-state index is 0.242. The molecular weight excluding hydrogens is 242 g/mol. The minimum atomic E-state index is -0.242. The van der Waals surface area contributed by atoms with E-state index in [-0.39, 0.29) is 5.69 Å². The van der Waals surface area contributed by atoms with Crippen molar-refractivity contribution in [2.24, 2.45) is 5.41 Å². The molecule has 0 saturated heterocycles. The Balaban J connectivity index is 1.88. The first-order chi connectivity index (χ1) is 8.94. The Kier molecular flexibility index (Phi) is 2.62. The second kappa shape index (κ2) is 4.08. The fraction of sp³-hybridized carbons (Fsp3) is 0.615. The van der Waals surface area contributed by atoms with Crippen molar-refractivity contribution in [1.29, 1.82) is 0 Å². The zero-order valence-corrected chi connectivity index (χ0v) is 11.5. The van der Waals surface area contributed by atoms with Crippen molar-refractivity contribution in [3.63, 3.8) is 0 Å². The van der Waals surface area contributed by atoms with Crippen molar-refractivity contribution in [3.05, 3.63) is 22.4 Å². The molecule has 0 spiro atoms. The molecule has 2 N–H and O–H groups in total. The maximum atomic E-state index is 11.5. The zero-order valence-electron chi connectivity index (χ0n) is 11.5. The van der Waals surface area contributed by atoms with Crippen LogP contribution in [0, 0.1) is 12.3 Å². The van der Waals surface area contributed by atoms with Gasteiger partial charge in [0.1, 0.15) is 11.6 Å². The molecule has 1 unspecified atom stereocenters. The van der Waals surface area contributed by atoms with E-state index in [0.29, 0.717) is 22.9 Å². The quantitative estimate of drug-likeness (QED) is 0.863. The van der Waals surface area contributed by atoms with Crippen LogP contribution < -0.4 is 11.0 Å². The lowest BCUT2D eigenvalue weighted by Crippen LogP contribution is -2.20. The maximum Gasteiger partial charge on any atom is 0.349 e. The van der Waals surface area contributed by atoms with Gasteiger partial charge in [0, 0.05) is 12.1 Å². The first-order valence-corrected chi connectivity index (χ1v) is 6.66. The number of aryl methyl sites for hydroxylation is 1. The third-order valence-corrected chi connectivity index (χ3v) is 3.89. The van der Waals surface area contributed by atoms with Crippen molar-refractivity contribution in [1.82, 2.24) is 19.6 Å². The Labute approximate surface area is 111 Å². The summed E-state index contributed by atoms with van der Waals surface area (Å²) in [7, 11) is 0. The molecule has 102 valence electrons. The lowest BCUT2D eigenvalue weighted by molar-refractivity contribution is 0.378. The molecule has 1 saturated carbocycles. The maximum absolute atomic E-state index is 11.5. The highest BCUT2D eigenvalue weighted by Gasteiger charge is 2.31. The van der Waals surface area contributed by atoms with Crippen LogP contribution in [-0.4, -0.2) is 25.6 Å². The van der Waals surface area contributed by atoms with Crippen molar-refractivity contribution in [3.8, 4) is 0 Å². The van der Waals surface area contributed by atoms with Crippen molar-refractivity contribution in [2.45, 2.75) is 46.1 Å². The van der Waals surface area contributed by atoms with Crippen molar-refractivity contribution < 1.29 is 0 Å². The van der Waals surface area contributed by atoms with Crippen LogP contribution in [0.4, 0.5) is 5.82 Å². The van der Waals surface area contributed by atoms with Crippen LogP contribution in [0.5, 0.6) is 0 Å². The molecule has 19 heavy (non-hydrogen) atoms. The van der Waals surface area contributed by atoms with E-state index in [1.807, 2.05) is 13.0 Å². The highest BCUT2D eigenvalue weighted by atomic mass is 16.1. The van der Waals surface area contributed by atoms with Gasteiger partial charge >= 0.3 is 5.69 Å². The fourth-order valence-corrected chi connectivity index (χ4v) is 2.94. The molecule has 2 aromatic rings. The van der Waals surface area contributed by atoms with E-state index in [2.05, 4.69) is 34.3 Å². The van der Waals surface area contributed by atoms with Gasteiger partial charge in [0.25, 0.3) is 0 Å². The summed E-state index contributed by atoms with van der Waals surface area (Å²) < 4.78 is 1.48. The zero-order chi connectivity index (χ0) is 13.6. The first kappa shape index (κ1) is 12.2. The number of hydrogen-bond acceptors (Lipinski definition) is 4. The molecule has 6 nitrogen and oxygen atoms in total. The Morgan fingerprint density at radius 3 is 3.00 bits per heavy atom. The number of anilines is 1. The molecule has 0 bridgehead atoms. The first-order valence-electron chi connectivity index (χ1n) is 6.66. The van der Waals surface area contributed by atoms with Crippen LogP contribution in [0.1, 0.15) is 38.9 Å². The fourth-order valence-electron chi connectivity index (χ4n) is 2.94. The Hall–Kier alpha value is -1.85. The standard InChI is InChI=1S/C13H19N5O/c1-8-14-10(6-11-16-17-12(19)18(8)11)15-9-4-5-13(2,3)7-9/h6,9,15H,4-5,7H2,1-3H3,(H,17,19). The molecule has 6 heteroatoms. The number of nitrogens with one attached hydrogen (secondary N) is 2. The normalized spacial score (nSPS) is 21.9. The molecule has 1 fully saturated rings. The van der Waals surface area contributed by atoms with E-state index < -0.39 is 0 Å². The molecule has 1 aliphatic carbocycles. The Morgan fingerprint density at radius 1 is 1.53 bits per heavy atom. The van der Waals surface area contributed by atoms with Crippen LogP contribution >= 0.6 is 0 Å². The molecule has 3 rings (SSSR count). The average molecular weight is 261 g/mol. The smallest absolute Gasteiger partial charge is 0.349 e. The van der Waals surface area contributed by atoms with Crippen LogP contribution in [-0.2, 0) is 0 Å². The van der Waals surface area contributed by atoms with Gasteiger partial charge in [0.15, 0.2) is 5.65 Å². The van der Waals surface area contributed by atoms with Crippen LogP contribution in [0.2, 0.25) is 0 Å². The summed E-state index contributed by atoms with van der Waals surface area (Å²) in [6, 6.07) is 2.27. The SMILES string of the molecule is Cc1nc(NC2CCC(C)(C)C2)cc2n[nH]c(=O)n12. The molecule has 1 aliphatic rings. The van der Waals surface area contributed by atoms with Crippen LogP contribution in [0.25, 0.3) is 5.65 Å². The molecule has 0 amide bonds. The molecule has 0 aliphatic heterocycles. The second-order valence-electron chi connectivity index (χ2n) is 6.16. The van der Waals surface area contributed by atoms with Crippen LogP contribution in [0.3, 0.4) is 0 Å². The van der Waals surface area contributed by atoms with E-state index in [4.69, 9.17) is 0 Å². The Morgan fingerprint density at radius 2 is 2.32 bits per heavy atom. The second-order valence-corrected chi connectivity index (χ2v) is 6.16. The minimum Gasteiger partial charge on any atom is -0.367 e. The third kappa shape index (κ3) is 2.22. The number of H-pyrrole nitrogens is 1. The number of aromatic amines is 1. The molecule has 2 heterocycles. The van der Waals surface area contributed by atoms with Gasteiger partial charge in [-0.25, -0.2) is 19.3 Å². The summed E-state index contributed by atoms with van der Waals surface area (Å²) in [5, 5.41) is 9.89. The van der Waals surface area contributed by atoms with Gasteiger partial charge < -0.3 is 5.32 Å². The van der Waals surface area contributed by atoms with Gasteiger partial charge in [-0.2, -0.15) is 5.10 Å². The van der Waals surface area contributed by atoms with Gasteiger partial charge in [-0.05, 0) is 31.6 Å². The summed E-state index contributed by atoms with van der Waals surface area (Å²) in [4.78, 5) is 16.0. The Bertz CT molecular complexity index is 669. The highest BCUT2D eigenvalue weighted by Crippen LogP contribution is 2.38. The third-order valence-electron chi connectivity index (χ3n) is 3.89. The molecule has 0 aromatic carbocycles. The average Bonchev–Trinajstić information content (AvgIpc) is 2.83. The number of hydrogen-bond donors (Lipinski definition) is 2. The number of fused-ring (bicyclic) bond motifs is 1. The molecular formula is C13H19N5O. The topological polar surface area (TPSA) is 75.1 Å². The summed E-state index contributed by atoms with van der Waals surface area (Å²) in [6.07, 6.45) is 3.53. The van der Waals surface area contributed by atoms with Crippen molar-refractivity contribution in [2.75, 3.05) is 5.32 Å². The number of aromatic nitrogens is 4. The lowest BCUT2D eigenvalue weighted by atomic mass is 9.92. The summed E-state index contributed by atoms with van der Waals surface area (Å²) >= 11 is 0. The van der Waals surface area contributed by atoms with E-state index in [1.165, 1.54) is 10.8 Å². The van der Waals surface area contributed by atoms with E-state index in [9.17, 15) is 4.79 Å². The predicted molar refractivity (Wildman–Crippen MR) is 73.4 cm³/mol. The van der Waals surface area contributed by atoms with Gasteiger partial charge in [-0.1, -0.05) is 13.8 Å². The van der Waals surface area contributed by atoms with Gasteiger partial charge in [0.2, 0.25) is 0 Å². The van der Waals surface area contributed by atoms with Gasteiger partial charge in [0.05, 0.1) is 0 Å². The predicted octanol–water partition coefficient (Wildman–Crippen LogP) is 1.72. The molecule has 1 atom stereocenters.